The van der Waals surface area contributed by atoms with Crippen LogP contribution in [-0.4, -0.2) is 29.7 Å². The molecule has 3 aromatic rings. The summed E-state index contributed by atoms with van der Waals surface area (Å²) in [5.41, 5.74) is 2.87. The zero-order valence-electron chi connectivity index (χ0n) is 16.4. The number of rotatable bonds is 6. The number of carbonyl (C=O) groups excluding carboxylic acids is 2. The van der Waals surface area contributed by atoms with Gasteiger partial charge in [-0.2, -0.15) is 4.99 Å². The zero-order valence-corrected chi connectivity index (χ0v) is 17.2. The zero-order chi connectivity index (χ0) is 21.0. The lowest BCUT2D eigenvalue weighted by Crippen LogP contribution is -2.24. The molecule has 0 aliphatic heterocycles. The summed E-state index contributed by atoms with van der Waals surface area (Å²) in [6.07, 6.45) is 0. The Morgan fingerprint density at radius 1 is 1.21 bits per heavy atom. The maximum Gasteiger partial charge on any atom is 0.326 e. The predicted molar refractivity (Wildman–Crippen MR) is 108 cm³/mol. The van der Waals surface area contributed by atoms with E-state index < -0.39 is 24.3 Å². The van der Waals surface area contributed by atoms with Crippen molar-refractivity contribution in [2.75, 3.05) is 13.2 Å². The molecule has 0 spiro atoms. The molecule has 152 valence electrons. The smallest absolute Gasteiger partial charge is 0.326 e. The van der Waals surface area contributed by atoms with Crippen LogP contribution in [0.15, 0.2) is 41.4 Å². The first-order chi connectivity index (χ1) is 13.9. The van der Waals surface area contributed by atoms with Gasteiger partial charge in [-0.15, -0.1) is 0 Å². The van der Waals surface area contributed by atoms with E-state index in [9.17, 15) is 14.0 Å². The number of aryl methyl sites for hydroxylation is 2. The molecule has 0 bridgehead atoms. The van der Waals surface area contributed by atoms with Crippen molar-refractivity contribution in [3.63, 3.8) is 0 Å². The summed E-state index contributed by atoms with van der Waals surface area (Å²) in [5, 5.41) is 0. The van der Waals surface area contributed by atoms with Crippen LogP contribution in [0.3, 0.4) is 0 Å². The highest BCUT2D eigenvalue weighted by molar-refractivity contribution is 7.16. The van der Waals surface area contributed by atoms with Crippen LogP contribution in [-0.2, 0) is 20.9 Å². The molecular formula is C21H21FN2O4S. The molecule has 0 fully saturated rings. The first-order valence-electron chi connectivity index (χ1n) is 9.10. The Morgan fingerprint density at radius 2 is 1.97 bits per heavy atom. The fourth-order valence-electron chi connectivity index (χ4n) is 2.93. The van der Waals surface area contributed by atoms with E-state index in [1.54, 1.807) is 17.6 Å². The van der Waals surface area contributed by atoms with Crippen LogP contribution in [0.1, 0.15) is 18.1 Å². The number of fused-ring (bicyclic) bond motifs is 1. The molecule has 0 unspecified atom stereocenters. The number of ether oxygens (including phenoxy) is 2. The summed E-state index contributed by atoms with van der Waals surface area (Å²) >= 11 is 1.31. The molecule has 2 aromatic carbocycles. The number of halogens is 1. The Labute approximate surface area is 171 Å². The van der Waals surface area contributed by atoms with Crippen molar-refractivity contribution < 1.29 is 23.5 Å². The van der Waals surface area contributed by atoms with Crippen molar-refractivity contribution in [2.24, 2.45) is 4.99 Å². The molecule has 0 N–H and O–H groups in total. The minimum Gasteiger partial charge on any atom is -0.481 e. The molecule has 6 nitrogen and oxygen atoms in total. The minimum atomic E-state index is -0.577. The maximum absolute atomic E-state index is 13.6. The highest BCUT2D eigenvalue weighted by Crippen LogP contribution is 2.23. The second-order valence-electron chi connectivity index (χ2n) is 6.43. The number of benzene rings is 2. The van der Waals surface area contributed by atoms with Crippen LogP contribution in [0.25, 0.3) is 10.2 Å². The fourth-order valence-corrected chi connectivity index (χ4v) is 4.02. The van der Waals surface area contributed by atoms with Gasteiger partial charge in [0.2, 0.25) is 0 Å². The molecule has 0 atom stereocenters. The summed E-state index contributed by atoms with van der Waals surface area (Å²) in [4.78, 5) is 28.9. The molecular weight excluding hydrogens is 395 g/mol. The first kappa shape index (κ1) is 20.7. The van der Waals surface area contributed by atoms with Gasteiger partial charge in [0.25, 0.3) is 5.91 Å². The molecule has 0 radical (unpaired) electrons. The number of hydrogen-bond donors (Lipinski definition) is 0. The summed E-state index contributed by atoms with van der Waals surface area (Å²) in [5.74, 6) is -1.56. The molecule has 3 rings (SSSR count). The van der Waals surface area contributed by atoms with Gasteiger partial charge < -0.3 is 14.0 Å². The van der Waals surface area contributed by atoms with Crippen molar-refractivity contribution in [1.29, 1.82) is 0 Å². The van der Waals surface area contributed by atoms with E-state index in [2.05, 4.69) is 4.99 Å². The van der Waals surface area contributed by atoms with Gasteiger partial charge in [0.05, 0.1) is 16.8 Å². The molecule has 0 aliphatic rings. The summed E-state index contributed by atoms with van der Waals surface area (Å²) in [6, 6.07) is 9.81. The van der Waals surface area contributed by atoms with E-state index in [4.69, 9.17) is 9.47 Å². The van der Waals surface area contributed by atoms with Crippen LogP contribution < -0.4 is 9.54 Å². The van der Waals surface area contributed by atoms with Gasteiger partial charge in [0.15, 0.2) is 23.0 Å². The Morgan fingerprint density at radius 3 is 2.69 bits per heavy atom. The number of thiazole rings is 1. The number of nitrogens with zero attached hydrogens (tertiary/aromatic N) is 2. The van der Waals surface area contributed by atoms with Gasteiger partial charge in [0.1, 0.15) is 6.54 Å². The molecule has 8 heteroatoms. The molecule has 1 heterocycles. The monoisotopic (exact) mass is 416 g/mol. The molecule has 1 aromatic heterocycles. The number of carbonyl (C=O) groups is 2. The first-order valence-corrected chi connectivity index (χ1v) is 9.91. The third kappa shape index (κ3) is 4.89. The average Bonchev–Trinajstić information content (AvgIpc) is 2.99. The van der Waals surface area contributed by atoms with E-state index in [-0.39, 0.29) is 18.9 Å². The van der Waals surface area contributed by atoms with Crippen molar-refractivity contribution >= 4 is 33.4 Å². The van der Waals surface area contributed by atoms with Gasteiger partial charge >= 0.3 is 5.97 Å². The summed E-state index contributed by atoms with van der Waals surface area (Å²) in [6.45, 7) is 5.46. The Kier molecular flexibility index (Phi) is 6.43. The summed E-state index contributed by atoms with van der Waals surface area (Å²) in [7, 11) is 0. The molecule has 1 amide bonds. The van der Waals surface area contributed by atoms with Gasteiger partial charge in [-0.05, 0) is 50.1 Å². The Bertz CT molecular complexity index is 1130. The molecule has 29 heavy (non-hydrogen) atoms. The van der Waals surface area contributed by atoms with E-state index in [1.807, 2.05) is 26.0 Å². The highest BCUT2D eigenvalue weighted by atomic mass is 32.1. The maximum atomic E-state index is 13.6. The fraction of sp³-hybridized carbons (Fsp3) is 0.286. The number of para-hydroxylation sites is 1. The van der Waals surface area contributed by atoms with Gasteiger partial charge in [-0.3, -0.25) is 9.59 Å². The average molecular weight is 416 g/mol. The van der Waals surface area contributed by atoms with Crippen molar-refractivity contribution in [3.05, 3.63) is 58.1 Å². The van der Waals surface area contributed by atoms with Gasteiger partial charge in [0, 0.05) is 0 Å². The van der Waals surface area contributed by atoms with Crippen LogP contribution in [0.5, 0.6) is 5.75 Å². The lowest BCUT2D eigenvalue weighted by molar-refractivity contribution is -0.143. The van der Waals surface area contributed by atoms with Crippen LogP contribution >= 0.6 is 11.3 Å². The Balaban J connectivity index is 1.96. The quantitative estimate of drug-likeness (QED) is 0.577. The minimum absolute atomic E-state index is 0.0155. The van der Waals surface area contributed by atoms with Crippen molar-refractivity contribution in [2.45, 2.75) is 27.3 Å². The normalized spacial score (nSPS) is 11.7. The van der Waals surface area contributed by atoms with Gasteiger partial charge in [-0.1, -0.05) is 29.5 Å². The van der Waals surface area contributed by atoms with E-state index in [0.29, 0.717) is 4.80 Å². The van der Waals surface area contributed by atoms with Gasteiger partial charge in [-0.25, -0.2) is 4.39 Å². The lowest BCUT2D eigenvalue weighted by Gasteiger charge is -2.07. The molecule has 0 saturated carbocycles. The molecule has 0 aliphatic carbocycles. The van der Waals surface area contributed by atoms with Crippen LogP contribution in [0.2, 0.25) is 0 Å². The second-order valence-corrected chi connectivity index (χ2v) is 7.41. The number of aromatic nitrogens is 1. The number of amides is 1. The predicted octanol–water partition coefficient (Wildman–Crippen LogP) is 3.53. The Hall–Kier alpha value is -3.00. The lowest BCUT2D eigenvalue weighted by atomic mass is 10.1. The highest BCUT2D eigenvalue weighted by Gasteiger charge is 2.14. The number of hydrogen-bond acceptors (Lipinski definition) is 5. The molecule has 0 saturated heterocycles. The third-order valence-electron chi connectivity index (χ3n) is 4.12. The standard InChI is InChI=1S/C21H21FN2O4S/c1-4-27-19(26)11-24-16-10-13(2)9-14(3)20(16)29-21(24)23-18(25)12-28-17-8-6-5-7-15(17)22/h5-10H,4,11-12H2,1-3H3. The van der Waals surface area contributed by atoms with Crippen molar-refractivity contribution in [1.82, 2.24) is 4.57 Å². The van der Waals surface area contributed by atoms with Crippen molar-refractivity contribution in [3.8, 4) is 5.75 Å². The topological polar surface area (TPSA) is 69.9 Å². The largest absolute Gasteiger partial charge is 0.481 e. The second kappa shape index (κ2) is 9.00. The van der Waals surface area contributed by atoms with Crippen LogP contribution in [0, 0.1) is 19.7 Å². The van der Waals surface area contributed by atoms with E-state index in [1.165, 1.54) is 29.5 Å². The SMILES string of the molecule is CCOC(=O)Cn1c(=NC(=O)COc2ccccc2F)sc2c(C)cc(C)cc21. The van der Waals surface area contributed by atoms with E-state index >= 15 is 0 Å². The summed E-state index contributed by atoms with van der Waals surface area (Å²) < 4.78 is 26.5. The van der Waals surface area contributed by atoms with E-state index in [0.717, 1.165) is 21.3 Å². The van der Waals surface area contributed by atoms with Crippen LogP contribution in [0.4, 0.5) is 4.39 Å². The number of esters is 1. The third-order valence-corrected chi connectivity index (χ3v) is 5.34.